The molecule has 32 heavy (non-hydrogen) atoms. The molecule has 2 aliphatic rings. The van der Waals surface area contributed by atoms with Crippen LogP contribution in [0.4, 0.5) is 10.2 Å². The number of nitrogens with one attached hydrogen (secondary N) is 1. The molecule has 3 heterocycles. The third kappa shape index (κ3) is 4.89. The van der Waals surface area contributed by atoms with E-state index in [2.05, 4.69) is 5.32 Å². The van der Waals surface area contributed by atoms with E-state index in [0.29, 0.717) is 38.9 Å². The lowest BCUT2D eigenvalue weighted by Crippen LogP contribution is -2.40. The molecule has 1 saturated heterocycles. The van der Waals surface area contributed by atoms with Crippen molar-refractivity contribution in [2.45, 2.75) is 51.5 Å². The molecule has 0 saturated carbocycles. The molecular weight excluding hydrogens is 409 g/mol. The van der Waals surface area contributed by atoms with Gasteiger partial charge in [-0.1, -0.05) is 12.1 Å². The number of fused-ring (bicyclic) bond motifs is 1. The SMILES string of the molecule is CNc1nc(C2CCCN(C(=O)CCc3ccc(F)cc3)C2)nc2c1CN(C(C)=O)CC2. The molecule has 0 spiro atoms. The van der Waals surface area contributed by atoms with E-state index in [9.17, 15) is 14.0 Å². The van der Waals surface area contributed by atoms with Crippen molar-refractivity contribution in [3.8, 4) is 0 Å². The fraction of sp³-hybridized carbons (Fsp3) is 0.500. The molecule has 0 radical (unpaired) electrons. The molecule has 1 aromatic carbocycles. The summed E-state index contributed by atoms with van der Waals surface area (Å²) in [7, 11) is 1.84. The molecule has 0 aliphatic carbocycles. The van der Waals surface area contributed by atoms with Crippen LogP contribution in [0.3, 0.4) is 0 Å². The fourth-order valence-electron chi connectivity index (χ4n) is 4.57. The highest BCUT2D eigenvalue weighted by Gasteiger charge is 2.29. The van der Waals surface area contributed by atoms with Gasteiger partial charge < -0.3 is 15.1 Å². The molecule has 1 atom stereocenters. The largest absolute Gasteiger partial charge is 0.373 e. The third-order valence-electron chi connectivity index (χ3n) is 6.44. The minimum absolute atomic E-state index is 0.0591. The zero-order valence-corrected chi connectivity index (χ0v) is 18.7. The van der Waals surface area contributed by atoms with Gasteiger partial charge in [-0.25, -0.2) is 14.4 Å². The Labute approximate surface area is 188 Å². The van der Waals surface area contributed by atoms with Gasteiger partial charge in [0.25, 0.3) is 0 Å². The number of nitrogens with zero attached hydrogens (tertiary/aromatic N) is 4. The fourth-order valence-corrected chi connectivity index (χ4v) is 4.57. The zero-order valence-electron chi connectivity index (χ0n) is 18.7. The Morgan fingerprint density at radius 1 is 1.16 bits per heavy atom. The van der Waals surface area contributed by atoms with Crippen LogP contribution in [0.25, 0.3) is 0 Å². The Hall–Kier alpha value is -3.03. The standard InChI is InChI=1S/C24H30FN5O2/c1-16(31)29-13-11-21-20(15-29)24(26-2)28-23(27-21)18-4-3-12-30(14-18)22(32)10-7-17-5-8-19(25)9-6-17/h5-6,8-9,18H,3-4,7,10-15H2,1-2H3,(H,26,27,28). The van der Waals surface area contributed by atoms with Crippen LogP contribution in [0, 0.1) is 5.82 Å². The van der Waals surface area contributed by atoms with Gasteiger partial charge in [0.05, 0.1) is 12.2 Å². The summed E-state index contributed by atoms with van der Waals surface area (Å²) in [5.41, 5.74) is 2.95. The van der Waals surface area contributed by atoms with E-state index in [4.69, 9.17) is 9.97 Å². The van der Waals surface area contributed by atoms with Crippen LogP contribution in [-0.2, 0) is 29.0 Å². The summed E-state index contributed by atoms with van der Waals surface area (Å²) in [5.74, 6) is 1.56. The van der Waals surface area contributed by atoms with E-state index in [-0.39, 0.29) is 23.5 Å². The molecule has 1 aromatic heterocycles. The number of carbonyl (C=O) groups excluding carboxylic acids is 2. The highest BCUT2D eigenvalue weighted by Crippen LogP contribution is 2.30. The number of piperidine rings is 1. The monoisotopic (exact) mass is 439 g/mol. The van der Waals surface area contributed by atoms with Crippen LogP contribution in [-0.4, -0.2) is 58.3 Å². The topological polar surface area (TPSA) is 78.4 Å². The number of anilines is 1. The van der Waals surface area contributed by atoms with E-state index in [1.807, 2.05) is 16.8 Å². The summed E-state index contributed by atoms with van der Waals surface area (Å²) in [6, 6.07) is 6.32. The molecule has 170 valence electrons. The summed E-state index contributed by atoms with van der Waals surface area (Å²) >= 11 is 0. The van der Waals surface area contributed by atoms with Gasteiger partial charge in [-0.05, 0) is 37.0 Å². The van der Waals surface area contributed by atoms with E-state index in [0.717, 1.165) is 47.8 Å². The molecule has 7 nitrogen and oxygen atoms in total. The zero-order chi connectivity index (χ0) is 22.7. The lowest BCUT2D eigenvalue weighted by Gasteiger charge is -2.33. The minimum Gasteiger partial charge on any atom is -0.373 e. The van der Waals surface area contributed by atoms with E-state index in [1.54, 1.807) is 19.1 Å². The maximum absolute atomic E-state index is 13.1. The Morgan fingerprint density at radius 2 is 1.94 bits per heavy atom. The van der Waals surface area contributed by atoms with Crippen molar-refractivity contribution in [2.75, 3.05) is 32.0 Å². The Bertz CT molecular complexity index is 977. The molecule has 2 aliphatic heterocycles. The molecular formula is C24H30FN5O2. The third-order valence-corrected chi connectivity index (χ3v) is 6.44. The number of hydrogen-bond donors (Lipinski definition) is 1. The number of aromatic nitrogens is 2. The Balaban J connectivity index is 1.44. The lowest BCUT2D eigenvalue weighted by molar-refractivity contribution is -0.132. The number of likely N-dealkylation sites (tertiary alicyclic amines) is 1. The maximum Gasteiger partial charge on any atom is 0.222 e. The average Bonchev–Trinajstić information content (AvgIpc) is 2.82. The summed E-state index contributed by atoms with van der Waals surface area (Å²) in [4.78, 5) is 38.0. The highest BCUT2D eigenvalue weighted by atomic mass is 19.1. The summed E-state index contributed by atoms with van der Waals surface area (Å²) < 4.78 is 13.1. The van der Waals surface area contributed by atoms with Crippen molar-refractivity contribution < 1.29 is 14.0 Å². The van der Waals surface area contributed by atoms with Crippen molar-refractivity contribution in [3.63, 3.8) is 0 Å². The average molecular weight is 440 g/mol. The van der Waals surface area contributed by atoms with E-state index < -0.39 is 0 Å². The second kappa shape index (κ2) is 9.63. The Kier molecular flexibility index (Phi) is 6.67. The van der Waals surface area contributed by atoms with Crippen LogP contribution in [0.2, 0.25) is 0 Å². The highest BCUT2D eigenvalue weighted by molar-refractivity contribution is 5.76. The maximum atomic E-state index is 13.1. The van der Waals surface area contributed by atoms with Gasteiger partial charge in [-0.2, -0.15) is 0 Å². The van der Waals surface area contributed by atoms with Gasteiger partial charge in [0, 0.05) is 57.9 Å². The van der Waals surface area contributed by atoms with E-state index in [1.165, 1.54) is 12.1 Å². The number of rotatable bonds is 5. The molecule has 1 N–H and O–H groups in total. The quantitative estimate of drug-likeness (QED) is 0.775. The first kappa shape index (κ1) is 22.2. The number of benzene rings is 1. The van der Waals surface area contributed by atoms with Crippen molar-refractivity contribution >= 4 is 17.6 Å². The van der Waals surface area contributed by atoms with E-state index >= 15 is 0 Å². The van der Waals surface area contributed by atoms with Gasteiger partial charge in [-0.3, -0.25) is 9.59 Å². The first-order valence-electron chi connectivity index (χ1n) is 11.3. The summed E-state index contributed by atoms with van der Waals surface area (Å²) in [6.45, 7) is 4.14. The summed E-state index contributed by atoms with van der Waals surface area (Å²) in [5, 5.41) is 3.17. The predicted octanol–water partition coefficient (Wildman–Crippen LogP) is 2.90. The number of carbonyl (C=O) groups is 2. The van der Waals surface area contributed by atoms with Crippen LogP contribution < -0.4 is 5.32 Å². The van der Waals surface area contributed by atoms with Gasteiger partial charge in [-0.15, -0.1) is 0 Å². The number of amides is 2. The molecule has 1 fully saturated rings. The Morgan fingerprint density at radius 3 is 2.66 bits per heavy atom. The molecule has 8 heteroatoms. The second-order valence-corrected chi connectivity index (χ2v) is 8.60. The van der Waals surface area contributed by atoms with Gasteiger partial charge >= 0.3 is 0 Å². The first-order valence-corrected chi connectivity index (χ1v) is 11.3. The van der Waals surface area contributed by atoms with Crippen molar-refractivity contribution in [2.24, 2.45) is 0 Å². The van der Waals surface area contributed by atoms with Crippen molar-refractivity contribution in [3.05, 3.63) is 52.7 Å². The predicted molar refractivity (Wildman–Crippen MR) is 120 cm³/mol. The van der Waals surface area contributed by atoms with Crippen LogP contribution in [0.1, 0.15) is 54.7 Å². The second-order valence-electron chi connectivity index (χ2n) is 8.60. The number of aryl methyl sites for hydroxylation is 1. The smallest absolute Gasteiger partial charge is 0.222 e. The minimum atomic E-state index is -0.265. The molecule has 0 bridgehead atoms. The van der Waals surface area contributed by atoms with Crippen LogP contribution in [0.15, 0.2) is 24.3 Å². The van der Waals surface area contributed by atoms with Crippen LogP contribution >= 0.6 is 0 Å². The lowest BCUT2D eigenvalue weighted by atomic mass is 9.95. The van der Waals surface area contributed by atoms with Gasteiger partial charge in [0.15, 0.2) is 0 Å². The van der Waals surface area contributed by atoms with Gasteiger partial charge in [0.2, 0.25) is 11.8 Å². The van der Waals surface area contributed by atoms with Crippen LogP contribution in [0.5, 0.6) is 0 Å². The molecule has 2 amide bonds. The normalized spacial score (nSPS) is 18.3. The van der Waals surface area contributed by atoms with Crippen molar-refractivity contribution in [1.82, 2.24) is 19.8 Å². The number of hydrogen-bond acceptors (Lipinski definition) is 5. The molecule has 1 unspecified atom stereocenters. The summed E-state index contributed by atoms with van der Waals surface area (Å²) in [6.07, 6.45) is 3.59. The number of halogens is 1. The van der Waals surface area contributed by atoms with Crippen molar-refractivity contribution in [1.29, 1.82) is 0 Å². The molecule has 4 rings (SSSR count). The van der Waals surface area contributed by atoms with Gasteiger partial charge in [0.1, 0.15) is 17.5 Å². The molecule has 2 aromatic rings. The first-order chi connectivity index (χ1) is 15.4.